The Balaban J connectivity index is 2.27. The molecule has 2 aromatic rings. The van der Waals surface area contributed by atoms with Gasteiger partial charge in [0.2, 0.25) is 0 Å². The monoisotopic (exact) mass is 537 g/mol. The second-order valence-corrected chi connectivity index (χ2v) is 13.2. The molecule has 0 bridgehead atoms. The number of anilines is 2. The minimum atomic E-state index is -3.84. The number of unbranched alkanes of at least 4 members (excludes halogenated alkanes) is 1. The second-order valence-electron chi connectivity index (χ2n) is 9.27. The third-order valence-electron chi connectivity index (χ3n) is 6.57. The van der Waals surface area contributed by atoms with Crippen molar-refractivity contribution in [1.29, 1.82) is 0 Å². The maximum Gasteiger partial charge on any atom is 0.344 e. The highest BCUT2D eigenvalue weighted by Crippen LogP contribution is 2.46. The van der Waals surface area contributed by atoms with Crippen LogP contribution >= 0.6 is 0 Å². The van der Waals surface area contributed by atoms with E-state index in [9.17, 15) is 21.6 Å². The lowest BCUT2D eigenvalue weighted by Crippen LogP contribution is -2.37. The van der Waals surface area contributed by atoms with Gasteiger partial charge >= 0.3 is 5.97 Å². The van der Waals surface area contributed by atoms with E-state index in [4.69, 9.17) is 9.47 Å². The lowest BCUT2D eigenvalue weighted by molar-refractivity contribution is -0.145. The van der Waals surface area contributed by atoms with Crippen molar-refractivity contribution in [3.05, 3.63) is 42.5 Å². The summed E-state index contributed by atoms with van der Waals surface area (Å²) in [4.78, 5) is 13.6. The fraction of sp³-hybridized carbons (Fsp3) is 0.500. The number of esters is 1. The van der Waals surface area contributed by atoms with Crippen LogP contribution in [-0.4, -0.2) is 54.6 Å². The lowest BCUT2D eigenvalue weighted by Gasteiger charge is -2.36. The van der Waals surface area contributed by atoms with Crippen molar-refractivity contribution in [2.75, 3.05) is 36.7 Å². The first-order valence-corrected chi connectivity index (χ1v) is 15.7. The van der Waals surface area contributed by atoms with Crippen LogP contribution in [0.15, 0.2) is 52.3 Å². The molecule has 1 atom stereocenters. The number of para-hydroxylation sites is 1. The van der Waals surface area contributed by atoms with Gasteiger partial charge in [-0.2, -0.15) is 0 Å². The molecule has 0 aromatic heterocycles. The van der Waals surface area contributed by atoms with Crippen molar-refractivity contribution in [3.8, 4) is 5.75 Å². The fourth-order valence-electron chi connectivity index (χ4n) is 4.61. The molecule has 0 aliphatic carbocycles. The predicted molar refractivity (Wildman–Crippen MR) is 139 cm³/mol. The summed E-state index contributed by atoms with van der Waals surface area (Å²) in [6.45, 7) is 5.75. The normalized spacial score (nSPS) is 19.3. The summed E-state index contributed by atoms with van der Waals surface area (Å²) in [5.74, 6) is -0.925. The first-order valence-electron chi connectivity index (χ1n) is 12.2. The molecule has 1 aliphatic heterocycles. The van der Waals surface area contributed by atoms with Crippen LogP contribution in [0.4, 0.5) is 11.4 Å². The van der Waals surface area contributed by atoms with Crippen molar-refractivity contribution in [1.82, 2.24) is 0 Å². The van der Waals surface area contributed by atoms with Gasteiger partial charge in [0.05, 0.1) is 22.9 Å². The van der Waals surface area contributed by atoms with Crippen LogP contribution < -0.4 is 9.64 Å². The van der Waals surface area contributed by atoms with Crippen LogP contribution in [0.3, 0.4) is 0 Å². The van der Waals surface area contributed by atoms with E-state index in [1.54, 1.807) is 6.92 Å². The molecule has 198 valence electrons. The van der Waals surface area contributed by atoms with Gasteiger partial charge in [-0.25, -0.2) is 21.6 Å². The molecular formula is C26H35NO7S2. The molecule has 0 saturated heterocycles. The maximum atomic E-state index is 13.8. The summed E-state index contributed by atoms with van der Waals surface area (Å²) in [6, 6.07) is 12.0. The van der Waals surface area contributed by atoms with Gasteiger partial charge in [0.1, 0.15) is 10.6 Å². The molecule has 8 nitrogen and oxygen atoms in total. The molecule has 0 spiro atoms. The quantitative estimate of drug-likeness (QED) is 0.407. The highest BCUT2D eigenvalue weighted by atomic mass is 32.2. The van der Waals surface area contributed by atoms with Crippen molar-refractivity contribution >= 4 is 37.0 Å². The van der Waals surface area contributed by atoms with Crippen LogP contribution in [0, 0.1) is 5.41 Å². The predicted octanol–water partition coefficient (Wildman–Crippen LogP) is 4.54. The zero-order chi connectivity index (χ0) is 26.6. The van der Waals surface area contributed by atoms with Crippen molar-refractivity contribution < 1.29 is 31.1 Å². The van der Waals surface area contributed by atoms with E-state index in [1.165, 1.54) is 12.1 Å². The van der Waals surface area contributed by atoms with Crippen LogP contribution in [0.1, 0.15) is 46.5 Å². The molecule has 0 N–H and O–H groups in total. The standard InChI is InChI=1S/C26H35NO7S2/c1-5-8-14-26(6-2)18-27(20-12-10-9-11-13-20)21-15-24(35(4,29)30)22(34-17-25(28)33-7-3)16-23(21)36(31,32)19-26/h9-13,15-16H,5-8,14,17-19H2,1-4H3. The number of sulfone groups is 2. The number of ether oxygens (including phenoxy) is 2. The second kappa shape index (κ2) is 11.2. The summed E-state index contributed by atoms with van der Waals surface area (Å²) < 4.78 is 63.6. The number of hydrogen-bond donors (Lipinski definition) is 0. The number of hydrogen-bond acceptors (Lipinski definition) is 8. The molecule has 1 unspecified atom stereocenters. The number of fused-ring (bicyclic) bond motifs is 1. The Morgan fingerprint density at radius 2 is 1.81 bits per heavy atom. The summed E-state index contributed by atoms with van der Waals surface area (Å²) in [5.41, 5.74) is 0.530. The van der Waals surface area contributed by atoms with Crippen LogP contribution in [0.2, 0.25) is 0 Å². The molecule has 1 heterocycles. The van der Waals surface area contributed by atoms with Gasteiger partial charge in [-0.1, -0.05) is 44.9 Å². The summed E-state index contributed by atoms with van der Waals surface area (Å²) in [5, 5.41) is 0. The molecule has 10 heteroatoms. The molecule has 0 fully saturated rings. The highest BCUT2D eigenvalue weighted by Gasteiger charge is 2.42. The minimum absolute atomic E-state index is 0.00978. The van der Waals surface area contributed by atoms with E-state index in [0.717, 1.165) is 31.2 Å². The molecular weight excluding hydrogens is 502 g/mol. The lowest BCUT2D eigenvalue weighted by atomic mass is 9.81. The van der Waals surface area contributed by atoms with Gasteiger partial charge in [0.25, 0.3) is 0 Å². The third kappa shape index (κ3) is 6.21. The Morgan fingerprint density at radius 3 is 2.39 bits per heavy atom. The Labute approximate surface area is 214 Å². The van der Waals surface area contributed by atoms with Crippen molar-refractivity contribution in [2.24, 2.45) is 5.41 Å². The molecule has 1 aliphatic rings. The summed E-state index contributed by atoms with van der Waals surface area (Å²) in [6.07, 6.45) is 4.22. The molecule has 36 heavy (non-hydrogen) atoms. The van der Waals surface area contributed by atoms with Crippen molar-refractivity contribution in [2.45, 2.75) is 56.2 Å². The zero-order valence-corrected chi connectivity index (χ0v) is 23.0. The number of benzene rings is 2. The Bertz CT molecular complexity index is 1290. The van der Waals surface area contributed by atoms with Gasteiger partial charge in [-0.3, -0.25) is 0 Å². The smallest absolute Gasteiger partial charge is 0.344 e. The molecule has 3 rings (SSSR count). The van der Waals surface area contributed by atoms with E-state index in [-0.39, 0.29) is 33.6 Å². The van der Waals surface area contributed by atoms with E-state index in [0.29, 0.717) is 13.0 Å². The molecule has 0 amide bonds. The van der Waals surface area contributed by atoms with Crippen molar-refractivity contribution in [3.63, 3.8) is 0 Å². The van der Waals surface area contributed by atoms with Gasteiger partial charge in [0.15, 0.2) is 26.3 Å². The zero-order valence-electron chi connectivity index (χ0n) is 21.3. The van der Waals surface area contributed by atoms with Gasteiger partial charge in [-0.05, 0) is 38.0 Å². The Hall–Kier alpha value is -2.59. The number of carbonyl (C=O) groups excluding carboxylic acids is 1. The molecule has 0 saturated carbocycles. The van der Waals surface area contributed by atoms with Gasteiger partial charge < -0.3 is 14.4 Å². The van der Waals surface area contributed by atoms with Crippen LogP contribution in [0.25, 0.3) is 0 Å². The first kappa shape index (κ1) is 28.0. The Kier molecular flexibility index (Phi) is 8.71. The van der Waals surface area contributed by atoms with E-state index in [2.05, 4.69) is 6.92 Å². The van der Waals surface area contributed by atoms with Gasteiger partial charge in [-0.15, -0.1) is 0 Å². The third-order valence-corrected chi connectivity index (χ3v) is 9.68. The summed E-state index contributed by atoms with van der Waals surface area (Å²) >= 11 is 0. The highest BCUT2D eigenvalue weighted by molar-refractivity contribution is 7.91. The van der Waals surface area contributed by atoms with Gasteiger partial charge in [0, 0.05) is 30.0 Å². The van der Waals surface area contributed by atoms with E-state index >= 15 is 0 Å². The maximum absolute atomic E-state index is 13.8. The minimum Gasteiger partial charge on any atom is -0.480 e. The fourth-order valence-corrected chi connectivity index (χ4v) is 7.60. The average molecular weight is 538 g/mol. The van der Waals surface area contributed by atoms with Crippen LogP contribution in [0.5, 0.6) is 5.75 Å². The number of carbonyl (C=O) groups is 1. The molecule has 2 aromatic carbocycles. The Morgan fingerprint density at radius 1 is 1.11 bits per heavy atom. The number of rotatable bonds is 10. The molecule has 0 radical (unpaired) electrons. The SMILES string of the molecule is CCCCC1(CC)CN(c2ccccc2)c2cc(S(C)(=O)=O)c(OCC(=O)OCC)cc2S(=O)(=O)C1. The average Bonchev–Trinajstić information content (AvgIpc) is 2.93. The van der Waals surface area contributed by atoms with E-state index < -0.39 is 37.7 Å². The van der Waals surface area contributed by atoms with E-state index in [1.807, 2.05) is 42.2 Å². The van der Waals surface area contributed by atoms with Crippen LogP contribution in [-0.2, 0) is 29.2 Å². The first-order chi connectivity index (χ1) is 17.0. The summed E-state index contributed by atoms with van der Waals surface area (Å²) in [7, 11) is -7.66. The number of nitrogens with zero attached hydrogens (tertiary/aromatic N) is 1. The largest absolute Gasteiger partial charge is 0.480 e. The topological polar surface area (TPSA) is 107 Å².